The highest BCUT2D eigenvalue weighted by atomic mass is 16.6. The van der Waals surface area contributed by atoms with Crippen LogP contribution < -0.4 is 0 Å². The molecule has 2 rings (SSSR count). The number of hydrogen-bond donors (Lipinski definition) is 0. The zero-order chi connectivity index (χ0) is 20.4. The van der Waals surface area contributed by atoms with E-state index in [1.54, 1.807) is 0 Å². The minimum absolute atomic E-state index is 0.0460. The van der Waals surface area contributed by atoms with Crippen molar-refractivity contribution in [2.75, 3.05) is 6.61 Å². The molecule has 6 atom stereocenters. The van der Waals surface area contributed by atoms with Crippen molar-refractivity contribution in [1.82, 2.24) is 0 Å². The summed E-state index contributed by atoms with van der Waals surface area (Å²) in [4.78, 5) is 34.7. The van der Waals surface area contributed by atoms with Crippen LogP contribution in [0.1, 0.15) is 60.3 Å². The van der Waals surface area contributed by atoms with Gasteiger partial charge in [-0.1, -0.05) is 26.0 Å². The van der Waals surface area contributed by atoms with Crippen LogP contribution in [0, 0.1) is 23.2 Å². The van der Waals surface area contributed by atoms with Gasteiger partial charge in [0.25, 0.3) is 0 Å². The fraction of sp³-hybridized carbons (Fsp3) is 0.762. The van der Waals surface area contributed by atoms with E-state index in [0.29, 0.717) is 6.61 Å². The Morgan fingerprint density at radius 1 is 1.11 bits per heavy atom. The number of rotatable bonds is 5. The Labute approximate surface area is 161 Å². The molecule has 2 aliphatic carbocycles. The predicted octanol–water partition coefficient (Wildman–Crippen LogP) is 3.43. The molecule has 0 aromatic heterocycles. The van der Waals surface area contributed by atoms with Crippen LogP contribution in [0.15, 0.2) is 12.2 Å². The van der Waals surface area contributed by atoms with Crippen molar-refractivity contribution in [2.24, 2.45) is 23.2 Å². The predicted molar refractivity (Wildman–Crippen MR) is 99.6 cm³/mol. The molecule has 2 aliphatic rings. The molecule has 2 saturated carbocycles. The summed E-state index contributed by atoms with van der Waals surface area (Å²) in [6, 6.07) is 0. The van der Waals surface area contributed by atoms with Crippen molar-refractivity contribution < 1.29 is 28.6 Å². The van der Waals surface area contributed by atoms with Gasteiger partial charge in [-0.3, -0.25) is 14.4 Å². The van der Waals surface area contributed by atoms with Crippen LogP contribution in [-0.4, -0.2) is 36.7 Å². The van der Waals surface area contributed by atoms with E-state index in [4.69, 9.17) is 14.2 Å². The van der Waals surface area contributed by atoms with Gasteiger partial charge in [-0.15, -0.1) is 0 Å². The minimum atomic E-state index is -0.363. The quantitative estimate of drug-likeness (QED) is 0.413. The van der Waals surface area contributed by atoms with Crippen LogP contribution in [0.3, 0.4) is 0 Å². The van der Waals surface area contributed by atoms with Gasteiger partial charge in [-0.2, -0.15) is 0 Å². The maximum Gasteiger partial charge on any atom is 0.302 e. The van der Waals surface area contributed by atoms with E-state index in [1.165, 1.54) is 20.8 Å². The first-order chi connectivity index (χ1) is 12.6. The number of carbonyl (C=O) groups is 3. The Hall–Kier alpha value is -1.85. The van der Waals surface area contributed by atoms with E-state index < -0.39 is 0 Å². The summed E-state index contributed by atoms with van der Waals surface area (Å²) in [5, 5.41) is 0. The van der Waals surface area contributed by atoms with Crippen molar-refractivity contribution in [3.8, 4) is 0 Å². The highest BCUT2D eigenvalue weighted by Crippen LogP contribution is 2.56. The molecule has 0 bridgehead atoms. The van der Waals surface area contributed by atoms with Crippen LogP contribution in [0.2, 0.25) is 0 Å². The molecule has 6 nitrogen and oxygen atoms in total. The van der Waals surface area contributed by atoms with Gasteiger partial charge in [-0.25, -0.2) is 0 Å². The molecule has 0 saturated heterocycles. The zero-order valence-electron chi connectivity index (χ0n) is 17.1. The van der Waals surface area contributed by atoms with Gasteiger partial charge in [0.05, 0.1) is 6.61 Å². The van der Waals surface area contributed by atoms with Crippen molar-refractivity contribution in [2.45, 2.75) is 72.5 Å². The smallest absolute Gasteiger partial charge is 0.302 e. The van der Waals surface area contributed by atoms with Crippen molar-refractivity contribution in [3.05, 3.63) is 12.2 Å². The van der Waals surface area contributed by atoms with E-state index in [9.17, 15) is 14.4 Å². The third kappa shape index (κ3) is 4.71. The molecule has 0 aliphatic heterocycles. The zero-order valence-corrected chi connectivity index (χ0v) is 17.1. The summed E-state index contributed by atoms with van der Waals surface area (Å²) in [7, 11) is 0. The molecule has 0 unspecified atom stereocenters. The Morgan fingerprint density at radius 3 is 2.30 bits per heavy atom. The molecule has 0 heterocycles. The fourth-order valence-electron chi connectivity index (χ4n) is 5.00. The second-order valence-corrected chi connectivity index (χ2v) is 8.33. The first-order valence-corrected chi connectivity index (χ1v) is 9.71. The van der Waals surface area contributed by atoms with Gasteiger partial charge in [0.2, 0.25) is 0 Å². The summed E-state index contributed by atoms with van der Waals surface area (Å²) < 4.78 is 16.7. The summed E-state index contributed by atoms with van der Waals surface area (Å²) in [6.45, 7) is 12.9. The van der Waals surface area contributed by atoms with E-state index in [0.717, 1.165) is 31.3 Å². The second kappa shape index (κ2) is 8.44. The summed E-state index contributed by atoms with van der Waals surface area (Å²) in [5.74, 6) is -0.927. The SMILES string of the molecule is C=C1CC[C@@H](OC(C)=O)[C@]2(C)CC[C@@H]([C@H](C)COC(C)=O)[C@H](OC(C)=O)[C@@H]12. The lowest BCUT2D eigenvalue weighted by Gasteiger charge is -2.55. The number of ether oxygens (including phenoxy) is 3. The highest BCUT2D eigenvalue weighted by Gasteiger charge is 2.56. The Kier molecular flexibility index (Phi) is 6.71. The summed E-state index contributed by atoms with van der Waals surface area (Å²) >= 11 is 0. The number of hydrogen-bond acceptors (Lipinski definition) is 6. The molecule has 27 heavy (non-hydrogen) atoms. The van der Waals surface area contributed by atoms with Crippen LogP contribution in [0.25, 0.3) is 0 Å². The summed E-state index contributed by atoms with van der Waals surface area (Å²) in [6.07, 6.45) is 2.54. The van der Waals surface area contributed by atoms with Gasteiger partial charge in [-0.05, 0) is 31.6 Å². The highest BCUT2D eigenvalue weighted by molar-refractivity contribution is 5.67. The third-order valence-corrected chi connectivity index (χ3v) is 6.27. The van der Waals surface area contributed by atoms with Crippen LogP contribution >= 0.6 is 0 Å². The van der Waals surface area contributed by atoms with Gasteiger partial charge in [0, 0.05) is 38.0 Å². The van der Waals surface area contributed by atoms with E-state index in [2.05, 4.69) is 13.5 Å². The normalized spacial score (nSPS) is 34.2. The molecule has 152 valence electrons. The first-order valence-electron chi connectivity index (χ1n) is 9.71. The molecule has 2 fully saturated rings. The lowest BCUT2D eigenvalue weighted by Crippen LogP contribution is -2.57. The third-order valence-electron chi connectivity index (χ3n) is 6.27. The Bertz CT molecular complexity index is 612. The van der Waals surface area contributed by atoms with Crippen molar-refractivity contribution in [1.29, 1.82) is 0 Å². The summed E-state index contributed by atoms with van der Waals surface area (Å²) in [5.41, 5.74) is 0.718. The average Bonchev–Trinajstić information content (AvgIpc) is 2.54. The topological polar surface area (TPSA) is 78.9 Å². The van der Waals surface area contributed by atoms with Crippen molar-refractivity contribution in [3.63, 3.8) is 0 Å². The van der Waals surface area contributed by atoms with Crippen LogP contribution in [0.4, 0.5) is 0 Å². The second-order valence-electron chi connectivity index (χ2n) is 8.33. The van der Waals surface area contributed by atoms with Crippen LogP contribution in [0.5, 0.6) is 0 Å². The average molecular weight is 380 g/mol. The lowest BCUT2D eigenvalue weighted by atomic mass is 9.53. The molecular formula is C21H32O6. The standard InChI is InChI=1S/C21H32O6/c1-12-7-8-18(26-15(4)23)21(6)10-9-17(13(2)11-25-14(3)22)20(19(12)21)27-16(5)24/h13,17-20H,1,7-11H2,2-6H3/t13-,17+,18-,19-,20+,21+/m1/s1. The van der Waals surface area contributed by atoms with Gasteiger partial charge in [0.15, 0.2) is 0 Å². The number of fused-ring (bicyclic) bond motifs is 1. The first kappa shape index (κ1) is 21.5. The molecule has 0 amide bonds. The van der Waals surface area contributed by atoms with E-state index in [1.807, 2.05) is 6.92 Å². The van der Waals surface area contributed by atoms with Gasteiger partial charge >= 0.3 is 17.9 Å². The van der Waals surface area contributed by atoms with Crippen LogP contribution in [-0.2, 0) is 28.6 Å². The fourth-order valence-corrected chi connectivity index (χ4v) is 5.00. The Balaban J connectivity index is 2.33. The molecule has 0 aromatic carbocycles. The van der Waals surface area contributed by atoms with Gasteiger partial charge < -0.3 is 14.2 Å². The molecular weight excluding hydrogens is 348 g/mol. The monoisotopic (exact) mass is 380 g/mol. The molecule has 0 N–H and O–H groups in total. The van der Waals surface area contributed by atoms with E-state index >= 15 is 0 Å². The maximum absolute atomic E-state index is 11.9. The molecule has 0 aromatic rings. The van der Waals surface area contributed by atoms with Crippen molar-refractivity contribution >= 4 is 17.9 Å². The molecule has 6 heteroatoms. The number of esters is 3. The maximum atomic E-state index is 11.9. The largest absolute Gasteiger partial charge is 0.466 e. The Morgan fingerprint density at radius 2 is 1.74 bits per heavy atom. The van der Waals surface area contributed by atoms with Gasteiger partial charge in [0.1, 0.15) is 12.2 Å². The van der Waals surface area contributed by atoms with E-state index in [-0.39, 0.29) is 53.3 Å². The molecule has 0 radical (unpaired) electrons. The molecule has 0 spiro atoms. The number of carbonyl (C=O) groups excluding carboxylic acids is 3. The lowest BCUT2D eigenvalue weighted by molar-refractivity contribution is -0.185. The minimum Gasteiger partial charge on any atom is -0.466 e.